The number of carbonyl (C=O) groups excluding carboxylic acids is 3. The summed E-state index contributed by atoms with van der Waals surface area (Å²) in [6.45, 7) is 4.05. The van der Waals surface area contributed by atoms with Crippen LogP contribution in [0.25, 0.3) is 11.6 Å². The maximum absolute atomic E-state index is 13.7. The SMILES string of the molecule is Cc1[nH]c(/C=C2\C(=O)Nc3ccc(F)cc32)c(C)c1C(=O)NCCCCCC(=O)Nc1ccc(Cl)cc1N. The van der Waals surface area contributed by atoms with Gasteiger partial charge in [0.25, 0.3) is 11.8 Å². The number of aromatic nitrogens is 1. The molecule has 6 N–H and O–H groups in total. The lowest BCUT2D eigenvalue weighted by atomic mass is 10.0. The first-order chi connectivity index (χ1) is 18.1. The molecule has 0 atom stereocenters. The van der Waals surface area contributed by atoms with Gasteiger partial charge in [-0.1, -0.05) is 18.0 Å². The van der Waals surface area contributed by atoms with Gasteiger partial charge in [-0.05, 0) is 74.7 Å². The van der Waals surface area contributed by atoms with Crippen molar-refractivity contribution in [3.63, 3.8) is 0 Å². The molecule has 1 aromatic heterocycles. The van der Waals surface area contributed by atoms with Crippen LogP contribution in [0, 0.1) is 19.7 Å². The predicted molar refractivity (Wildman–Crippen MR) is 148 cm³/mol. The van der Waals surface area contributed by atoms with Crippen molar-refractivity contribution < 1.29 is 18.8 Å². The van der Waals surface area contributed by atoms with Crippen LogP contribution in [0.15, 0.2) is 36.4 Å². The largest absolute Gasteiger partial charge is 0.397 e. The lowest BCUT2D eigenvalue weighted by Crippen LogP contribution is -2.25. The van der Waals surface area contributed by atoms with E-state index in [0.717, 1.165) is 6.42 Å². The van der Waals surface area contributed by atoms with Gasteiger partial charge in [-0.15, -0.1) is 0 Å². The van der Waals surface area contributed by atoms with Gasteiger partial charge >= 0.3 is 0 Å². The molecule has 10 heteroatoms. The number of carbonyl (C=O) groups is 3. The average molecular weight is 538 g/mol. The third-order valence-electron chi connectivity index (χ3n) is 6.41. The molecule has 8 nitrogen and oxygen atoms in total. The summed E-state index contributed by atoms with van der Waals surface area (Å²) in [5, 5.41) is 8.93. The lowest BCUT2D eigenvalue weighted by Gasteiger charge is -2.09. The Morgan fingerprint density at radius 1 is 1.11 bits per heavy atom. The second-order valence-electron chi connectivity index (χ2n) is 9.21. The van der Waals surface area contributed by atoms with E-state index in [1.165, 1.54) is 18.2 Å². The number of H-pyrrole nitrogens is 1. The molecule has 0 saturated heterocycles. The van der Waals surface area contributed by atoms with Gasteiger partial charge in [0.2, 0.25) is 5.91 Å². The van der Waals surface area contributed by atoms with Gasteiger partial charge < -0.3 is 26.7 Å². The van der Waals surface area contributed by atoms with Crippen LogP contribution < -0.4 is 21.7 Å². The van der Waals surface area contributed by atoms with Crippen molar-refractivity contribution in [3.8, 4) is 0 Å². The number of nitrogens with one attached hydrogen (secondary N) is 4. The normalized spacial score (nSPS) is 13.4. The second-order valence-corrected chi connectivity index (χ2v) is 9.65. The maximum atomic E-state index is 13.7. The number of benzene rings is 2. The molecular formula is C28H29ClFN5O3. The van der Waals surface area contributed by atoms with E-state index in [4.69, 9.17) is 17.3 Å². The highest BCUT2D eigenvalue weighted by molar-refractivity contribution is 6.35. The molecule has 1 aliphatic rings. The molecule has 2 aromatic carbocycles. The summed E-state index contributed by atoms with van der Waals surface area (Å²) in [5.74, 6) is -1.12. The van der Waals surface area contributed by atoms with Crippen LogP contribution in [0.5, 0.6) is 0 Å². The van der Waals surface area contributed by atoms with Crippen LogP contribution >= 0.6 is 11.6 Å². The fourth-order valence-corrected chi connectivity index (χ4v) is 4.63. The zero-order valence-electron chi connectivity index (χ0n) is 21.1. The van der Waals surface area contributed by atoms with Crippen LogP contribution in [0.4, 0.5) is 21.5 Å². The summed E-state index contributed by atoms with van der Waals surface area (Å²) < 4.78 is 13.7. The molecule has 0 fully saturated rings. The maximum Gasteiger partial charge on any atom is 0.256 e. The minimum Gasteiger partial charge on any atom is -0.397 e. The third-order valence-corrected chi connectivity index (χ3v) is 6.65. The van der Waals surface area contributed by atoms with Gasteiger partial charge in [-0.25, -0.2) is 4.39 Å². The second kappa shape index (κ2) is 11.5. The molecular weight excluding hydrogens is 509 g/mol. The third kappa shape index (κ3) is 6.06. The highest BCUT2D eigenvalue weighted by atomic mass is 35.5. The Hall–Kier alpha value is -4.11. The number of aryl methyl sites for hydroxylation is 1. The first-order valence-electron chi connectivity index (χ1n) is 12.3. The number of rotatable bonds is 9. The molecule has 198 valence electrons. The summed E-state index contributed by atoms with van der Waals surface area (Å²) in [7, 11) is 0. The molecule has 3 amide bonds. The molecule has 3 aromatic rings. The molecule has 38 heavy (non-hydrogen) atoms. The van der Waals surface area contributed by atoms with Gasteiger partial charge in [0.15, 0.2) is 0 Å². The van der Waals surface area contributed by atoms with Crippen LogP contribution in [0.3, 0.4) is 0 Å². The lowest BCUT2D eigenvalue weighted by molar-refractivity contribution is -0.116. The van der Waals surface area contributed by atoms with Crippen molar-refractivity contribution in [2.45, 2.75) is 39.5 Å². The topological polar surface area (TPSA) is 129 Å². The van der Waals surface area contributed by atoms with E-state index in [2.05, 4.69) is 20.9 Å². The van der Waals surface area contributed by atoms with E-state index in [9.17, 15) is 18.8 Å². The molecule has 4 rings (SSSR count). The number of hydrogen-bond donors (Lipinski definition) is 5. The zero-order valence-corrected chi connectivity index (χ0v) is 21.9. The monoisotopic (exact) mass is 537 g/mol. The molecule has 0 aliphatic carbocycles. The standard InChI is InChI=1S/C28H29ClFN5O3/c1-15-24(14-20-19-13-18(30)8-10-22(19)35-27(20)37)33-16(2)26(15)28(38)32-11-5-3-4-6-25(36)34-23-9-7-17(29)12-21(23)31/h7-10,12-14,33H,3-6,11,31H2,1-2H3,(H,32,38)(H,34,36)(H,35,37)/b20-14-. The van der Waals surface area contributed by atoms with E-state index >= 15 is 0 Å². The Morgan fingerprint density at radius 3 is 2.66 bits per heavy atom. The number of unbranched alkanes of at least 4 members (excludes halogenated alkanes) is 2. The van der Waals surface area contributed by atoms with E-state index in [-0.39, 0.29) is 17.7 Å². The van der Waals surface area contributed by atoms with Crippen molar-refractivity contribution in [1.29, 1.82) is 0 Å². The van der Waals surface area contributed by atoms with Crippen LogP contribution in [-0.4, -0.2) is 29.3 Å². The van der Waals surface area contributed by atoms with Crippen molar-refractivity contribution in [2.75, 3.05) is 22.9 Å². The van der Waals surface area contributed by atoms with Crippen molar-refractivity contribution >= 4 is 58.0 Å². The molecule has 0 bridgehead atoms. The fraction of sp³-hybridized carbons (Fsp3) is 0.250. The highest BCUT2D eigenvalue weighted by Gasteiger charge is 2.26. The van der Waals surface area contributed by atoms with Crippen LogP contribution in [0.2, 0.25) is 5.02 Å². The molecule has 0 radical (unpaired) electrons. The average Bonchev–Trinajstić information content (AvgIpc) is 3.32. The summed E-state index contributed by atoms with van der Waals surface area (Å²) in [6, 6.07) is 9.04. The Balaban J connectivity index is 1.28. The van der Waals surface area contributed by atoms with E-state index < -0.39 is 5.82 Å². The quantitative estimate of drug-likeness (QED) is 0.142. The summed E-state index contributed by atoms with van der Waals surface area (Å²) in [6.07, 6.45) is 4.12. The number of nitrogen functional groups attached to an aromatic ring is 1. The molecule has 0 unspecified atom stereocenters. The Kier molecular flexibility index (Phi) is 8.16. The first-order valence-corrected chi connectivity index (χ1v) is 12.7. The highest BCUT2D eigenvalue weighted by Crippen LogP contribution is 2.34. The van der Waals surface area contributed by atoms with Gasteiger partial charge in [-0.3, -0.25) is 14.4 Å². The number of halogens is 2. The van der Waals surface area contributed by atoms with Crippen molar-refractivity contribution in [2.24, 2.45) is 0 Å². The van der Waals surface area contributed by atoms with Gasteiger partial charge in [0.1, 0.15) is 5.82 Å². The number of hydrogen-bond acceptors (Lipinski definition) is 4. The summed E-state index contributed by atoms with van der Waals surface area (Å²) in [5.41, 5.74) is 10.7. The van der Waals surface area contributed by atoms with Gasteiger partial charge in [-0.2, -0.15) is 0 Å². The molecule has 0 saturated carbocycles. The summed E-state index contributed by atoms with van der Waals surface area (Å²) in [4.78, 5) is 40.6. The number of aromatic amines is 1. The predicted octanol–water partition coefficient (Wildman–Crippen LogP) is 5.43. The van der Waals surface area contributed by atoms with E-state index in [1.54, 1.807) is 38.1 Å². The van der Waals surface area contributed by atoms with E-state index in [0.29, 0.717) is 81.5 Å². The molecule has 0 spiro atoms. The Morgan fingerprint density at radius 2 is 1.89 bits per heavy atom. The molecule has 1 aliphatic heterocycles. The minimum atomic E-state index is -0.433. The number of anilines is 3. The number of fused-ring (bicyclic) bond motifs is 1. The van der Waals surface area contributed by atoms with Gasteiger partial charge in [0.05, 0.1) is 22.5 Å². The fourth-order valence-electron chi connectivity index (χ4n) is 4.44. The smallest absolute Gasteiger partial charge is 0.256 e. The minimum absolute atomic E-state index is 0.135. The van der Waals surface area contributed by atoms with Crippen LogP contribution in [0.1, 0.15) is 58.6 Å². The number of nitrogens with two attached hydrogens (primary N) is 1. The van der Waals surface area contributed by atoms with Crippen LogP contribution in [-0.2, 0) is 9.59 Å². The van der Waals surface area contributed by atoms with Crippen molar-refractivity contribution in [1.82, 2.24) is 10.3 Å². The van der Waals surface area contributed by atoms with Crippen molar-refractivity contribution in [3.05, 3.63) is 75.3 Å². The number of amides is 3. The Labute approximate surface area is 224 Å². The summed E-state index contributed by atoms with van der Waals surface area (Å²) >= 11 is 5.87. The van der Waals surface area contributed by atoms with Gasteiger partial charge in [0, 0.05) is 40.6 Å². The first kappa shape index (κ1) is 26.9. The van der Waals surface area contributed by atoms with E-state index in [1.807, 2.05) is 0 Å². The molecule has 2 heterocycles. The Bertz CT molecular complexity index is 1450. The zero-order chi connectivity index (χ0) is 27.4.